The van der Waals surface area contributed by atoms with Gasteiger partial charge in [0.2, 0.25) is 0 Å². The van der Waals surface area contributed by atoms with Gasteiger partial charge in [0.05, 0.1) is 5.54 Å². The van der Waals surface area contributed by atoms with Crippen LogP contribution in [-0.4, -0.2) is 17.3 Å². The molecule has 1 aliphatic rings. The van der Waals surface area contributed by atoms with Crippen molar-refractivity contribution in [2.45, 2.75) is 24.8 Å². The number of aromatic hydroxyl groups is 1. The second-order valence-corrected chi connectivity index (χ2v) is 4.00. The zero-order chi connectivity index (χ0) is 10.0. The standard InChI is InChI=1S/C11H15NO2/c12-11(5-2-6-11)8-14-10-4-1-3-9(13)7-10/h1,3-4,7,13H,2,5-6,8,12H2. The minimum absolute atomic E-state index is 0.133. The molecule has 1 aromatic carbocycles. The summed E-state index contributed by atoms with van der Waals surface area (Å²) in [6, 6.07) is 6.80. The Labute approximate surface area is 83.5 Å². The maximum absolute atomic E-state index is 9.20. The topological polar surface area (TPSA) is 55.5 Å². The summed E-state index contributed by atoms with van der Waals surface area (Å²) < 4.78 is 5.51. The molecule has 0 aliphatic heterocycles. The third-order valence-electron chi connectivity index (χ3n) is 2.69. The van der Waals surface area contributed by atoms with E-state index < -0.39 is 0 Å². The van der Waals surface area contributed by atoms with Crippen molar-refractivity contribution in [3.63, 3.8) is 0 Å². The molecule has 1 saturated carbocycles. The molecule has 2 rings (SSSR count). The van der Waals surface area contributed by atoms with Crippen molar-refractivity contribution in [3.05, 3.63) is 24.3 Å². The molecular formula is C11H15NO2. The predicted octanol–water partition coefficient (Wildman–Crippen LogP) is 1.65. The van der Waals surface area contributed by atoms with Crippen molar-refractivity contribution in [2.75, 3.05) is 6.61 Å². The normalized spacial score (nSPS) is 18.6. The molecule has 3 nitrogen and oxygen atoms in total. The van der Waals surface area contributed by atoms with Crippen molar-refractivity contribution in [1.82, 2.24) is 0 Å². The van der Waals surface area contributed by atoms with Gasteiger partial charge in [-0.2, -0.15) is 0 Å². The third kappa shape index (κ3) is 1.99. The summed E-state index contributed by atoms with van der Waals surface area (Å²) in [4.78, 5) is 0. The van der Waals surface area contributed by atoms with Gasteiger partial charge in [0.1, 0.15) is 18.1 Å². The Kier molecular flexibility index (Phi) is 2.33. The highest BCUT2D eigenvalue weighted by Crippen LogP contribution is 2.30. The number of hydrogen-bond donors (Lipinski definition) is 2. The highest BCUT2D eigenvalue weighted by Gasteiger charge is 2.33. The molecule has 1 aliphatic carbocycles. The van der Waals surface area contributed by atoms with Crippen LogP contribution >= 0.6 is 0 Å². The van der Waals surface area contributed by atoms with Gasteiger partial charge in [-0.1, -0.05) is 6.07 Å². The average molecular weight is 193 g/mol. The van der Waals surface area contributed by atoms with Crippen molar-refractivity contribution >= 4 is 0 Å². The number of rotatable bonds is 3. The van der Waals surface area contributed by atoms with Gasteiger partial charge >= 0.3 is 0 Å². The number of hydrogen-bond acceptors (Lipinski definition) is 3. The Morgan fingerprint density at radius 2 is 2.21 bits per heavy atom. The molecule has 0 aromatic heterocycles. The summed E-state index contributed by atoms with van der Waals surface area (Å²) in [5.41, 5.74) is 5.87. The highest BCUT2D eigenvalue weighted by molar-refractivity contribution is 5.31. The lowest BCUT2D eigenvalue weighted by atomic mass is 9.78. The van der Waals surface area contributed by atoms with Crippen LogP contribution in [0, 0.1) is 0 Å². The Balaban J connectivity index is 1.91. The highest BCUT2D eigenvalue weighted by atomic mass is 16.5. The smallest absolute Gasteiger partial charge is 0.123 e. The van der Waals surface area contributed by atoms with Crippen LogP contribution in [0.1, 0.15) is 19.3 Å². The summed E-state index contributed by atoms with van der Waals surface area (Å²) in [5.74, 6) is 0.906. The van der Waals surface area contributed by atoms with E-state index in [1.165, 1.54) is 6.42 Å². The van der Waals surface area contributed by atoms with Crippen LogP contribution in [0.2, 0.25) is 0 Å². The van der Waals surface area contributed by atoms with Gasteiger partial charge in [0, 0.05) is 6.07 Å². The monoisotopic (exact) mass is 193 g/mol. The second-order valence-electron chi connectivity index (χ2n) is 4.00. The molecule has 3 N–H and O–H groups in total. The van der Waals surface area contributed by atoms with E-state index in [1.807, 2.05) is 6.07 Å². The molecule has 0 saturated heterocycles. The Morgan fingerprint density at radius 3 is 2.79 bits per heavy atom. The van der Waals surface area contributed by atoms with Gasteiger partial charge < -0.3 is 15.6 Å². The van der Waals surface area contributed by atoms with E-state index in [2.05, 4.69) is 0 Å². The molecule has 0 spiro atoms. The van der Waals surface area contributed by atoms with Gasteiger partial charge in [-0.05, 0) is 31.4 Å². The molecule has 0 radical (unpaired) electrons. The van der Waals surface area contributed by atoms with E-state index in [0.29, 0.717) is 12.4 Å². The van der Waals surface area contributed by atoms with Crippen LogP contribution in [-0.2, 0) is 0 Å². The van der Waals surface area contributed by atoms with E-state index in [9.17, 15) is 5.11 Å². The van der Waals surface area contributed by atoms with Gasteiger partial charge in [-0.25, -0.2) is 0 Å². The molecule has 1 fully saturated rings. The fraction of sp³-hybridized carbons (Fsp3) is 0.455. The summed E-state index contributed by atoms with van der Waals surface area (Å²) >= 11 is 0. The molecule has 1 aromatic rings. The summed E-state index contributed by atoms with van der Waals surface area (Å²) in [6.45, 7) is 0.538. The first kappa shape index (κ1) is 9.34. The van der Waals surface area contributed by atoms with Crippen LogP contribution in [0.5, 0.6) is 11.5 Å². The minimum Gasteiger partial charge on any atom is -0.508 e. The number of ether oxygens (including phenoxy) is 1. The second kappa shape index (κ2) is 3.50. The zero-order valence-corrected chi connectivity index (χ0v) is 8.07. The van der Waals surface area contributed by atoms with Crippen molar-refractivity contribution in [2.24, 2.45) is 5.73 Å². The van der Waals surface area contributed by atoms with Crippen LogP contribution in [0.25, 0.3) is 0 Å². The van der Waals surface area contributed by atoms with Gasteiger partial charge in [0.15, 0.2) is 0 Å². The van der Waals surface area contributed by atoms with Crippen LogP contribution in [0.15, 0.2) is 24.3 Å². The maximum Gasteiger partial charge on any atom is 0.123 e. The van der Waals surface area contributed by atoms with Gasteiger partial charge in [0.25, 0.3) is 0 Å². The first-order valence-electron chi connectivity index (χ1n) is 4.89. The van der Waals surface area contributed by atoms with Crippen LogP contribution in [0.3, 0.4) is 0 Å². The lowest BCUT2D eigenvalue weighted by molar-refractivity contribution is 0.142. The van der Waals surface area contributed by atoms with Crippen molar-refractivity contribution in [1.29, 1.82) is 0 Å². The molecule has 0 atom stereocenters. The van der Waals surface area contributed by atoms with E-state index in [-0.39, 0.29) is 11.3 Å². The maximum atomic E-state index is 9.20. The van der Waals surface area contributed by atoms with Crippen LogP contribution in [0.4, 0.5) is 0 Å². The summed E-state index contributed by atoms with van der Waals surface area (Å²) in [7, 11) is 0. The SMILES string of the molecule is NC1(COc2cccc(O)c2)CCC1. The number of phenols is 1. The minimum atomic E-state index is -0.133. The molecule has 0 heterocycles. The molecule has 0 bridgehead atoms. The molecular weight excluding hydrogens is 178 g/mol. The number of benzene rings is 1. The fourth-order valence-corrected chi connectivity index (χ4v) is 1.58. The molecule has 3 heteroatoms. The molecule has 0 amide bonds. The fourth-order valence-electron chi connectivity index (χ4n) is 1.58. The lowest BCUT2D eigenvalue weighted by Gasteiger charge is -2.37. The van der Waals surface area contributed by atoms with E-state index in [1.54, 1.807) is 18.2 Å². The van der Waals surface area contributed by atoms with E-state index >= 15 is 0 Å². The van der Waals surface area contributed by atoms with E-state index in [0.717, 1.165) is 12.8 Å². The average Bonchev–Trinajstić information content (AvgIpc) is 2.12. The Bertz CT molecular complexity index is 321. The van der Waals surface area contributed by atoms with Gasteiger partial charge in [-0.15, -0.1) is 0 Å². The first-order valence-corrected chi connectivity index (χ1v) is 4.89. The number of phenolic OH excluding ortho intramolecular Hbond substituents is 1. The third-order valence-corrected chi connectivity index (χ3v) is 2.69. The zero-order valence-electron chi connectivity index (χ0n) is 8.07. The number of nitrogens with two attached hydrogens (primary N) is 1. The lowest BCUT2D eigenvalue weighted by Crippen LogP contribution is -2.51. The molecule has 76 valence electrons. The van der Waals surface area contributed by atoms with Gasteiger partial charge in [-0.3, -0.25) is 0 Å². The summed E-state index contributed by atoms with van der Waals surface area (Å²) in [6.07, 6.45) is 3.26. The quantitative estimate of drug-likeness (QED) is 0.767. The molecule has 14 heavy (non-hydrogen) atoms. The van der Waals surface area contributed by atoms with Crippen molar-refractivity contribution < 1.29 is 9.84 Å². The predicted molar refractivity (Wildman–Crippen MR) is 54.4 cm³/mol. The summed E-state index contributed by atoms with van der Waals surface area (Å²) in [5, 5.41) is 9.20. The van der Waals surface area contributed by atoms with E-state index in [4.69, 9.17) is 10.5 Å². The largest absolute Gasteiger partial charge is 0.508 e. The molecule has 0 unspecified atom stereocenters. The Hall–Kier alpha value is -1.22. The van der Waals surface area contributed by atoms with Crippen molar-refractivity contribution in [3.8, 4) is 11.5 Å². The first-order chi connectivity index (χ1) is 6.68. The Morgan fingerprint density at radius 1 is 1.43 bits per heavy atom. The van der Waals surface area contributed by atoms with Crippen LogP contribution < -0.4 is 10.5 Å².